The van der Waals surface area contributed by atoms with Gasteiger partial charge in [-0.05, 0) is 43.3 Å². The van der Waals surface area contributed by atoms with Crippen LogP contribution in [-0.2, 0) is 4.79 Å². The number of fused-ring (bicyclic) bond motifs is 1. The first-order chi connectivity index (χ1) is 14.2. The van der Waals surface area contributed by atoms with Crippen LogP contribution >= 0.6 is 11.3 Å². The number of aromatic nitrogens is 1. The van der Waals surface area contributed by atoms with Gasteiger partial charge in [-0.1, -0.05) is 36.4 Å². The predicted molar refractivity (Wildman–Crippen MR) is 117 cm³/mol. The number of carbonyl (C=O) groups excluding carboxylic acids is 1. The van der Waals surface area contributed by atoms with E-state index in [1.54, 1.807) is 17.4 Å². The van der Waals surface area contributed by atoms with Gasteiger partial charge in [0.05, 0.1) is 22.5 Å². The smallest absolute Gasteiger partial charge is 0.262 e. The predicted octanol–water partition coefficient (Wildman–Crippen LogP) is 5.38. The quantitative estimate of drug-likeness (QED) is 0.449. The summed E-state index contributed by atoms with van der Waals surface area (Å²) >= 11 is 1.60. The molecule has 0 saturated heterocycles. The van der Waals surface area contributed by atoms with Gasteiger partial charge >= 0.3 is 0 Å². The van der Waals surface area contributed by atoms with Crippen molar-refractivity contribution in [3.63, 3.8) is 0 Å². The normalized spacial score (nSPS) is 10.7. The lowest BCUT2D eigenvalue weighted by atomic mass is 10.2. The first-order valence-electron chi connectivity index (χ1n) is 9.34. The third-order valence-corrected chi connectivity index (χ3v) is 5.30. The average Bonchev–Trinajstić information content (AvgIpc) is 3.18. The van der Waals surface area contributed by atoms with Gasteiger partial charge in [0.1, 0.15) is 5.01 Å². The van der Waals surface area contributed by atoms with Crippen LogP contribution in [0.3, 0.4) is 0 Å². The van der Waals surface area contributed by atoms with E-state index in [1.165, 1.54) is 0 Å². The van der Waals surface area contributed by atoms with E-state index in [-0.39, 0.29) is 12.5 Å². The fraction of sp³-hybridized carbons (Fsp3) is 0.130. The number of benzene rings is 3. The molecular formula is C23H20N2O3S. The van der Waals surface area contributed by atoms with Crippen LogP contribution in [0.4, 0.5) is 5.69 Å². The van der Waals surface area contributed by atoms with E-state index in [4.69, 9.17) is 14.5 Å². The minimum absolute atomic E-state index is 0.113. The second kappa shape index (κ2) is 8.75. The zero-order chi connectivity index (χ0) is 20.1. The zero-order valence-corrected chi connectivity index (χ0v) is 16.7. The molecule has 1 amide bonds. The number of rotatable bonds is 7. The fourth-order valence-electron chi connectivity index (χ4n) is 2.94. The summed E-state index contributed by atoms with van der Waals surface area (Å²) in [4.78, 5) is 17.2. The van der Waals surface area contributed by atoms with Gasteiger partial charge in [-0.2, -0.15) is 0 Å². The second-order valence-electron chi connectivity index (χ2n) is 6.25. The van der Waals surface area contributed by atoms with Crippen molar-refractivity contribution in [2.45, 2.75) is 6.92 Å². The molecule has 6 heteroatoms. The molecule has 29 heavy (non-hydrogen) atoms. The Hall–Kier alpha value is -3.38. The van der Waals surface area contributed by atoms with E-state index >= 15 is 0 Å². The molecule has 4 rings (SSSR count). The molecule has 0 bridgehead atoms. The molecule has 0 aliphatic carbocycles. The number of ether oxygens (including phenoxy) is 2. The first kappa shape index (κ1) is 19.0. The number of hydrogen-bond donors (Lipinski definition) is 1. The van der Waals surface area contributed by atoms with E-state index in [1.807, 2.05) is 73.7 Å². The molecule has 5 nitrogen and oxygen atoms in total. The number of hydrogen-bond acceptors (Lipinski definition) is 5. The molecule has 1 N–H and O–H groups in total. The SMILES string of the molecule is CCOc1ccccc1OCC(=O)Nc1ccccc1-c1nc2ccccc2s1. The summed E-state index contributed by atoms with van der Waals surface area (Å²) in [6, 6.07) is 23.0. The number of para-hydroxylation sites is 4. The van der Waals surface area contributed by atoms with Crippen LogP contribution in [0.1, 0.15) is 6.92 Å². The summed E-state index contributed by atoms with van der Waals surface area (Å²) in [6.45, 7) is 2.32. The lowest BCUT2D eigenvalue weighted by molar-refractivity contribution is -0.118. The van der Waals surface area contributed by atoms with Gasteiger partial charge in [-0.3, -0.25) is 4.79 Å². The third kappa shape index (κ3) is 4.38. The minimum Gasteiger partial charge on any atom is -0.490 e. The van der Waals surface area contributed by atoms with Gasteiger partial charge in [0, 0.05) is 5.56 Å². The van der Waals surface area contributed by atoms with Crippen molar-refractivity contribution in [2.75, 3.05) is 18.5 Å². The van der Waals surface area contributed by atoms with Gasteiger partial charge in [0.25, 0.3) is 5.91 Å². The van der Waals surface area contributed by atoms with Crippen LogP contribution in [-0.4, -0.2) is 24.1 Å². The van der Waals surface area contributed by atoms with E-state index in [0.29, 0.717) is 23.8 Å². The average molecular weight is 404 g/mol. The van der Waals surface area contributed by atoms with Crippen LogP contribution in [0.15, 0.2) is 72.8 Å². The van der Waals surface area contributed by atoms with Crippen molar-refractivity contribution in [1.82, 2.24) is 4.98 Å². The van der Waals surface area contributed by atoms with E-state index < -0.39 is 0 Å². The van der Waals surface area contributed by atoms with Crippen molar-refractivity contribution in [3.8, 4) is 22.1 Å². The lowest BCUT2D eigenvalue weighted by Gasteiger charge is -2.12. The summed E-state index contributed by atoms with van der Waals surface area (Å²) < 4.78 is 12.3. The Morgan fingerprint density at radius 3 is 2.41 bits per heavy atom. The largest absolute Gasteiger partial charge is 0.490 e. The Balaban J connectivity index is 1.49. The van der Waals surface area contributed by atoms with Crippen LogP contribution < -0.4 is 14.8 Å². The molecule has 0 aliphatic heterocycles. The molecule has 0 spiro atoms. The Morgan fingerprint density at radius 1 is 0.931 bits per heavy atom. The molecule has 0 unspecified atom stereocenters. The maximum absolute atomic E-state index is 12.5. The number of nitrogens with one attached hydrogen (secondary N) is 1. The monoisotopic (exact) mass is 404 g/mol. The fourth-order valence-corrected chi connectivity index (χ4v) is 3.94. The molecule has 1 heterocycles. The van der Waals surface area contributed by atoms with Gasteiger partial charge in [-0.25, -0.2) is 4.98 Å². The number of anilines is 1. The summed E-state index contributed by atoms with van der Waals surface area (Å²) in [7, 11) is 0. The van der Waals surface area contributed by atoms with Gasteiger partial charge in [0.2, 0.25) is 0 Å². The van der Waals surface area contributed by atoms with Crippen LogP contribution in [0, 0.1) is 0 Å². The molecule has 1 aromatic heterocycles. The van der Waals surface area contributed by atoms with Crippen molar-refractivity contribution in [3.05, 3.63) is 72.8 Å². The summed E-state index contributed by atoms with van der Waals surface area (Å²) in [5, 5.41) is 3.80. The molecule has 146 valence electrons. The van der Waals surface area contributed by atoms with Crippen LogP contribution in [0.25, 0.3) is 20.8 Å². The topological polar surface area (TPSA) is 60.5 Å². The van der Waals surface area contributed by atoms with Crippen molar-refractivity contribution >= 4 is 33.1 Å². The standard InChI is InChI=1S/C23H20N2O3S/c1-2-27-19-12-6-7-13-20(19)28-15-22(26)24-17-10-4-3-9-16(17)23-25-18-11-5-8-14-21(18)29-23/h3-14H,2,15H2,1H3,(H,24,26). The Kier molecular flexibility index (Phi) is 5.72. The summed E-state index contributed by atoms with van der Waals surface area (Å²) in [6.07, 6.45) is 0. The molecular weight excluding hydrogens is 384 g/mol. The molecule has 0 fully saturated rings. The van der Waals surface area contributed by atoms with E-state index in [9.17, 15) is 4.79 Å². The van der Waals surface area contributed by atoms with Crippen LogP contribution in [0.5, 0.6) is 11.5 Å². The first-order valence-corrected chi connectivity index (χ1v) is 10.2. The molecule has 3 aromatic carbocycles. The highest BCUT2D eigenvalue weighted by molar-refractivity contribution is 7.21. The van der Waals surface area contributed by atoms with Crippen LogP contribution in [0.2, 0.25) is 0 Å². The Labute approximate surface area is 172 Å². The zero-order valence-electron chi connectivity index (χ0n) is 15.9. The van der Waals surface area contributed by atoms with Crippen molar-refractivity contribution < 1.29 is 14.3 Å². The molecule has 0 aliphatic rings. The maximum Gasteiger partial charge on any atom is 0.262 e. The maximum atomic E-state index is 12.5. The van der Waals surface area contributed by atoms with E-state index in [2.05, 4.69) is 5.32 Å². The van der Waals surface area contributed by atoms with Gasteiger partial charge in [-0.15, -0.1) is 11.3 Å². The number of carbonyl (C=O) groups is 1. The van der Waals surface area contributed by atoms with Crippen molar-refractivity contribution in [1.29, 1.82) is 0 Å². The minimum atomic E-state index is -0.245. The Morgan fingerprint density at radius 2 is 1.62 bits per heavy atom. The van der Waals surface area contributed by atoms with E-state index in [0.717, 1.165) is 20.8 Å². The molecule has 0 saturated carbocycles. The lowest BCUT2D eigenvalue weighted by Crippen LogP contribution is -2.20. The number of thiazole rings is 1. The molecule has 0 atom stereocenters. The summed E-state index contributed by atoms with van der Waals surface area (Å²) in [5.74, 6) is 0.923. The van der Waals surface area contributed by atoms with Gasteiger partial charge in [0.15, 0.2) is 18.1 Å². The Bertz CT molecular complexity index is 1110. The highest BCUT2D eigenvalue weighted by Crippen LogP contribution is 2.34. The number of amides is 1. The summed E-state index contributed by atoms with van der Waals surface area (Å²) in [5.41, 5.74) is 2.54. The second-order valence-corrected chi connectivity index (χ2v) is 7.28. The number of nitrogens with zero attached hydrogens (tertiary/aromatic N) is 1. The van der Waals surface area contributed by atoms with Gasteiger partial charge < -0.3 is 14.8 Å². The van der Waals surface area contributed by atoms with Crippen molar-refractivity contribution in [2.24, 2.45) is 0 Å². The highest BCUT2D eigenvalue weighted by Gasteiger charge is 2.13. The molecule has 0 radical (unpaired) electrons. The highest BCUT2D eigenvalue weighted by atomic mass is 32.1. The third-order valence-electron chi connectivity index (χ3n) is 4.23. The molecule has 4 aromatic rings.